The van der Waals surface area contributed by atoms with Crippen LogP contribution in [0.3, 0.4) is 0 Å². The Morgan fingerprint density at radius 2 is 1.10 bits per heavy atom. The molecule has 0 saturated heterocycles. The number of aryl methyl sites for hydroxylation is 2. The lowest BCUT2D eigenvalue weighted by Crippen LogP contribution is -2.47. The molecule has 0 heterocycles. The Balaban J connectivity index is 1.31. The van der Waals surface area contributed by atoms with E-state index in [2.05, 4.69) is 13.8 Å². The van der Waals surface area contributed by atoms with Crippen molar-refractivity contribution in [3.05, 3.63) is 84.4 Å². The summed E-state index contributed by atoms with van der Waals surface area (Å²) >= 11 is 0. The van der Waals surface area contributed by atoms with Gasteiger partial charge in [-0.1, -0.05) is 78.1 Å². The van der Waals surface area contributed by atoms with Crippen molar-refractivity contribution in [1.82, 2.24) is 0 Å². The van der Waals surface area contributed by atoms with Crippen molar-refractivity contribution in [3.63, 3.8) is 0 Å². The predicted octanol–water partition coefficient (Wildman–Crippen LogP) is 13.0. The zero-order chi connectivity index (χ0) is 42.0. The molecule has 3 fully saturated rings. The number of carbonyl (C=O) groups excluding carboxylic acids is 2. The number of unbranched alkanes of at least 4 members (excludes halogenated alkanes) is 9. The average Bonchev–Trinajstić information content (AvgIpc) is 3.19. The van der Waals surface area contributed by atoms with Crippen LogP contribution < -0.4 is 14.2 Å². The first-order chi connectivity index (χ1) is 27.8. The first kappa shape index (κ1) is 44.3. The van der Waals surface area contributed by atoms with Gasteiger partial charge in [0, 0.05) is 11.1 Å². The lowest BCUT2D eigenvalue weighted by atomic mass is 9.52. The molecule has 0 radical (unpaired) electrons. The fourth-order valence-electron chi connectivity index (χ4n) is 9.43. The summed E-state index contributed by atoms with van der Waals surface area (Å²) in [5.74, 6) is -0.912. The molecule has 11 nitrogen and oxygen atoms in total. The number of nitro benzene ring substituents is 2. The molecular weight excluding hydrogens is 737 g/mol. The molecule has 3 aliphatic rings. The van der Waals surface area contributed by atoms with Gasteiger partial charge in [0.1, 0.15) is 5.75 Å². The molecule has 0 N–H and O–H groups in total. The number of fused-ring (bicyclic) bond motifs is 3. The van der Waals surface area contributed by atoms with Gasteiger partial charge in [0.05, 0.1) is 27.4 Å². The van der Waals surface area contributed by atoms with E-state index in [-0.39, 0.29) is 39.3 Å². The number of carbonyl (C=O) groups is 2. The van der Waals surface area contributed by atoms with Crippen LogP contribution in [0.5, 0.6) is 17.2 Å². The van der Waals surface area contributed by atoms with Gasteiger partial charge < -0.3 is 14.2 Å². The van der Waals surface area contributed by atoms with E-state index in [4.69, 9.17) is 14.2 Å². The number of ether oxygens (including phenoxy) is 3. The number of rotatable bonds is 21. The Morgan fingerprint density at radius 3 is 1.60 bits per heavy atom. The maximum Gasteiger partial charge on any atom is 0.343 e. The zero-order valence-corrected chi connectivity index (χ0v) is 35.5. The molecule has 0 amide bonds. The summed E-state index contributed by atoms with van der Waals surface area (Å²) < 4.78 is 17.5. The Labute approximate surface area is 343 Å². The van der Waals surface area contributed by atoms with Gasteiger partial charge >= 0.3 is 23.3 Å². The normalized spacial score (nSPS) is 18.5. The Morgan fingerprint density at radius 1 is 0.638 bits per heavy atom. The first-order valence-electron chi connectivity index (χ1n) is 21.5. The standard InChI is InChI=1S/C47H62N2O9/c1-7-9-11-12-13-14-15-17-29-56-37-20-18-36(19-21-37)44(50)57-38-30-32(3)40(34(5)42(38)48(52)53)41-33(4)31-39(43(35(41)6)49(54)55)58-45(51)47-26-23-46(24-27-47,25-28-47)22-16-10-8-2/h18-21,30-31H,7-17,22-29H2,1-6H3. The summed E-state index contributed by atoms with van der Waals surface area (Å²) in [6, 6.07) is 9.41. The van der Waals surface area contributed by atoms with E-state index < -0.39 is 32.9 Å². The molecule has 58 heavy (non-hydrogen) atoms. The molecule has 3 saturated carbocycles. The minimum Gasteiger partial charge on any atom is -0.494 e. The maximum absolute atomic E-state index is 13.9. The zero-order valence-electron chi connectivity index (χ0n) is 35.5. The van der Waals surface area contributed by atoms with Gasteiger partial charge in [0.15, 0.2) is 0 Å². The van der Waals surface area contributed by atoms with Gasteiger partial charge in [-0.25, -0.2) is 4.79 Å². The summed E-state index contributed by atoms with van der Waals surface area (Å²) in [4.78, 5) is 51.2. The topological polar surface area (TPSA) is 148 Å². The number of hydrogen-bond donors (Lipinski definition) is 0. The molecule has 0 unspecified atom stereocenters. The van der Waals surface area contributed by atoms with Gasteiger partial charge in [-0.3, -0.25) is 25.0 Å². The molecule has 3 aliphatic carbocycles. The van der Waals surface area contributed by atoms with Crippen LogP contribution in [0.15, 0.2) is 36.4 Å². The van der Waals surface area contributed by atoms with E-state index in [1.165, 1.54) is 76.3 Å². The monoisotopic (exact) mass is 798 g/mol. The van der Waals surface area contributed by atoms with Crippen LogP contribution in [-0.4, -0.2) is 28.4 Å². The Kier molecular flexibility index (Phi) is 15.1. The van der Waals surface area contributed by atoms with E-state index in [1.807, 2.05) is 0 Å². The van der Waals surface area contributed by atoms with Crippen LogP contribution in [0.4, 0.5) is 11.4 Å². The predicted molar refractivity (Wildman–Crippen MR) is 226 cm³/mol. The fraction of sp³-hybridized carbons (Fsp3) is 0.574. The Bertz CT molecular complexity index is 1950. The average molecular weight is 799 g/mol. The third kappa shape index (κ3) is 10.1. The molecule has 0 aromatic heterocycles. The second kappa shape index (κ2) is 19.8. The molecule has 3 aromatic rings. The SMILES string of the molecule is CCCCCCCCCCOc1ccc(C(=O)Oc2cc(C)c(-c3c(C)cc(OC(=O)C45CCC(CCCCC)(CC4)CC5)c([N+](=O)[O-])c3C)c(C)c2[N+](=O)[O-])cc1. The van der Waals surface area contributed by atoms with E-state index >= 15 is 0 Å². The third-order valence-electron chi connectivity index (χ3n) is 12.9. The van der Waals surface area contributed by atoms with Crippen molar-refractivity contribution in [3.8, 4) is 28.4 Å². The Hall–Kier alpha value is -4.80. The van der Waals surface area contributed by atoms with Crippen LogP contribution in [0, 0.1) is 58.8 Å². The molecule has 11 heteroatoms. The minimum absolute atomic E-state index is 0.117. The first-order valence-corrected chi connectivity index (χ1v) is 21.5. The summed E-state index contributed by atoms with van der Waals surface area (Å²) in [6.45, 7) is 11.6. The summed E-state index contributed by atoms with van der Waals surface area (Å²) in [5, 5.41) is 25.2. The molecule has 0 spiro atoms. The van der Waals surface area contributed by atoms with Crippen molar-refractivity contribution in [2.45, 2.75) is 157 Å². The van der Waals surface area contributed by atoms with Gasteiger partial charge in [0.2, 0.25) is 11.5 Å². The van der Waals surface area contributed by atoms with Crippen LogP contribution in [-0.2, 0) is 4.79 Å². The van der Waals surface area contributed by atoms with Crippen LogP contribution in [0.25, 0.3) is 11.1 Å². The number of nitro groups is 2. The molecule has 2 bridgehead atoms. The molecule has 6 rings (SSSR count). The van der Waals surface area contributed by atoms with Crippen molar-refractivity contribution in [2.75, 3.05) is 6.61 Å². The smallest absolute Gasteiger partial charge is 0.343 e. The highest BCUT2D eigenvalue weighted by molar-refractivity contribution is 5.93. The third-order valence-corrected chi connectivity index (χ3v) is 12.9. The van der Waals surface area contributed by atoms with Crippen LogP contribution in [0.2, 0.25) is 0 Å². The van der Waals surface area contributed by atoms with E-state index in [0.29, 0.717) is 34.6 Å². The molecule has 3 aromatic carbocycles. The van der Waals surface area contributed by atoms with Gasteiger partial charge in [-0.2, -0.15) is 0 Å². The lowest BCUT2D eigenvalue weighted by molar-refractivity contribution is -0.386. The summed E-state index contributed by atoms with van der Waals surface area (Å²) in [7, 11) is 0. The van der Waals surface area contributed by atoms with Gasteiger partial charge in [-0.05, 0) is 143 Å². The van der Waals surface area contributed by atoms with Gasteiger partial charge in [0.25, 0.3) is 0 Å². The number of hydrogen-bond acceptors (Lipinski definition) is 9. The van der Waals surface area contributed by atoms with Crippen molar-refractivity contribution in [2.24, 2.45) is 10.8 Å². The van der Waals surface area contributed by atoms with E-state index in [0.717, 1.165) is 51.4 Å². The number of esters is 2. The number of benzene rings is 3. The van der Waals surface area contributed by atoms with Crippen molar-refractivity contribution >= 4 is 23.3 Å². The minimum atomic E-state index is -0.768. The van der Waals surface area contributed by atoms with Crippen molar-refractivity contribution in [1.29, 1.82) is 0 Å². The molecule has 0 aliphatic heterocycles. The van der Waals surface area contributed by atoms with Crippen LogP contribution in [0.1, 0.15) is 162 Å². The van der Waals surface area contributed by atoms with E-state index in [1.54, 1.807) is 52.0 Å². The molecule has 0 atom stereocenters. The quantitative estimate of drug-likeness (QED) is 0.0337. The van der Waals surface area contributed by atoms with Gasteiger partial charge in [-0.15, -0.1) is 0 Å². The molecule has 314 valence electrons. The largest absolute Gasteiger partial charge is 0.494 e. The highest BCUT2D eigenvalue weighted by atomic mass is 16.6. The highest BCUT2D eigenvalue weighted by Crippen LogP contribution is 2.59. The van der Waals surface area contributed by atoms with Crippen molar-refractivity contribution < 1.29 is 33.6 Å². The lowest BCUT2D eigenvalue weighted by Gasteiger charge is -2.52. The highest BCUT2D eigenvalue weighted by Gasteiger charge is 2.53. The second-order valence-corrected chi connectivity index (χ2v) is 17.0. The van der Waals surface area contributed by atoms with E-state index in [9.17, 15) is 29.8 Å². The maximum atomic E-state index is 13.9. The summed E-state index contributed by atoms with van der Waals surface area (Å²) in [5.41, 5.74) is 1.40. The molecular formula is C47H62N2O9. The number of nitrogens with zero attached hydrogens (tertiary/aromatic N) is 2. The second-order valence-electron chi connectivity index (χ2n) is 17.0. The van der Waals surface area contributed by atoms with Crippen LogP contribution >= 0.6 is 0 Å². The summed E-state index contributed by atoms with van der Waals surface area (Å²) in [6.07, 6.45) is 19.4. The fourth-order valence-corrected chi connectivity index (χ4v) is 9.43.